The molecule has 1 saturated heterocycles. The van der Waals surface area contributed by atoms with Crippen LogP contribution in [0.25, 0.3) is 0 Å². The van der Waals surface area contributed by atoms with E-state index in [2.05, 4.69) is 16.8 Å². The molecular weight excluding hydrogens is 339 g/mol. The topological polar surface area (TPSA) is 78.7 Å². The standard InChI is InChI=1S/C15H28N4O2.2ClH/c1-4-6-15(3,16)14(21)19-10-8-18(9-11-19)12-13(20)17-7-5-2;;/h5H,2,4,6-12,16H2,1,3H3,(H,17,20);2*1H. The monoisotopic (exact) mass is 368 g/mol. The third kappa shape index (κ3) is 8.01. The summed E-state index contributed by atoms with van der Waals surface area (Å²) < 4.78 is 0. The van der Waals surface area contributed by atoms with Crippen molar-refractivity contribution in [2.45, 2.75) is 32.2 Å². The Morgan fingerprint density at radius 1 is 1.26 bits per heavy atom. The largest absolute Gasteiger partial charge is 0.352 e. The predicted octanol–water partition coefficient (Wildman–Crippen LogP) is 0.794. The molecule has 3 N–H and O–H groups in total. The summed E-state index contributed by atoms with van der Waals surface area (Å²) in [4.78, 5) is 27.9. The maximum Gasteiger partial charge on any atom is 0.242 e. The maximum absolute atomic E-state index is 12.4. The van der Waals surface area contributed by atoms with E-state index in [9.17, 15) is 9.59 Å². The number of amides is 2. The smallest absolute Gasteiger partial charge is 0.242 e. The Morgan fingerprint density at radius 2 is 1.83 bits per heavy atom. The van der Waals surface area contributed by atoms with Gasteiger partial charge in [-0.15, -0.1) is 31.4 Å². The number of piperazine rings is 1. The Hall–Kier alpha value is -0.820. The van der Waals surface area contributed by atoms with Crippen molar-refractivity contribution < 1.29 is 9.59 Å². The van der Waals surface area contributed by atoms with E-state index in [1.165, 1.54) is 0 Å². The number of hydrogen-bond acceptors (Lipinski definition) is 4. The van der Waals surface area contributed by atoms with E-state index in [-0.39, 0.29) is 36.6 Å². The summed E-state index contributed by atoms with van der Waals surface area (Å²) in [5, 5.41) is 2.76. The molecule has 0 saturated carbocycles. The summed E-state index contributed by atoms with van der Waals surface area (Å²) in [5.41, 5.74) is 5.31. The number of rotatable bonds is 7. The van der Waals surface area contributed by atoms with Crippen molar-refractivity contribution in [2.24, 2.45) is 5.73 Å². The lowest BCUT2D eigenvalue weighted by atomic mass is 9.95. The SMILES string of the molecule is C=CCNC(=O)CN1CCN(C(=O)C(C)(N)CCC)CC1.Cl.Cl. The summed E-state index contributed by atoms with van der Waals surface area (Å²) in [6.45, 7) is 10.9. The van der Waals surface area contributed by atoms with Crippen molar-refractivity contribution in [3.8, 4) is 0 Å². The summed E-state index contributed by atoms with van der Waals surface area (Å²) in [5.74, 6) is 0.00410. The highest BCUT2D eigenvalue weighted by Crippen LogP contribution is 2.14. The van der Waals surface area contributed by atoms with Crippen LogP contribution in [-0.2, 0) is 9.59 Å². The maximum atomic E-state index is 12.4. The van der Waals surface area contributed by atoms with Crippen molar-refractivity contribution in [1.82, 2.24) is 15.1 Å². The van der Waals surface area contributed by atoms with Gasteiger partial charge >= 0.3 is 0 Å². The van der Waals surface area contributed by atoms with Gasteiger partial charge in [-0.1, -0.05) is 19.4 Å². The van der Waals surface area contributed by atoms with Gasteiger partial charge in [0.1, 0.15) is 0 Å². The van der Waals surface area contributed by atoms with Gasteiger partial charge in [-0.05, 0) is 13.3 Å². The van der Waals surface area contributed by atoms with Crippen LogP contribution in [0.4, 0.5) is 0 Å². The average Bonchev–Trinajstić information content (AvgIpc) is 2.45. The first kappa shape index (κ1) is 24.4. The predicted molar refractivity (Wildman–Crippen MR) is 98.2 cm³/mol. The molecule has 0 aromatic carbocycles. The molecule has 0 aromatic heterocycles. The Bertz CT molecular complexity index is 384. The number of nitrogens with zero attached hydrogens (tertiary/aromatic N) is 2. The lowest BCUT2D eigenvalue weighted by Crippen LogP contribution is -2.58. The van der Waals surface area contributed by atoms with Crippen LogP contribution < -0.4 is 11.1 Å². The number of carbonyl (C=O) groups is 2. The van der Waals surface area contributed by atoms with E-state index in [0.717, 1.165) is 6.42 Å². The minimum absolute atomic E-state index is 0. The molecule has 0 spiro atoms. The molecule has 2 amide bonds. The molecule has 0 aromatic rings. The molecule has 1 heterocycles. The third-order valence-corrected chi connectivity index (χ3v) is 3.73. The molecule has 1 atom stereocenters. The minimum atomic E-state index is -0.780. The Balaban J connectivity index is 0. The van der Waals surface area contributed by atoms with Gasteiger partial charge in [0, 0.05) is 32.7 Å². The molecule has 0 radical (unpaired) electrons. The van der Waals surface area contributed by atoms with Crippen LogP contribution in [0.5, 0.6) is 0 Å². The van der Waals surface area contributed by atoms with E-state index in [0.29, 0.717) is 45.7 Å². The van der Waals surface area contributed by atoms with Crippen molar-refractivity contribution in [2.75, 3.05) is 39.3 Å². The van der Waals surface area contributed by atoms with Gasteiger partial charge in [-0.25, -0.2) is 0 Å². The van der Waals surface area contributed by atoms with Crippen LogP contribution in [0.1, 0.15) is 26.7 Å². The van der Waals surface area contributed by atoms with Crippen LogP contribution in [-0.4, -0.2) is 66.4 Å². The second-order valence-corrected chi connectivity index (χ2v) is 5.83. The molecule has 0 bridgehead atoms. The van der Waals surface area contributed by atoms with Gasteiger partial charge < -0.3 is 16.0 Å². The molecule has 0 aliphatic carbocycles. The fourth-order valence-electron chi connectivity index (χ4n) is 2.54. The summed E-state index contributed by atoms with van der Waals surface area (Å²) in [6, 6.07) is 0. The lowest BCUT2D eigenvalue weighted by Gasteiger charge is -2.38. The molecule has 1 unspecified atom stereocenters. The van der Waals surface area contributed by atoms with Crippen LogP contribution >= 0.6 is 24.8 Å². The molecule has 1 rings (SSSR count). The first-order chi connectivity index (χ1) is 9.90. The second-order valence-electron chi connectivity index (χ2n) is 5.83. The molecule has 6 nitrogen and oxygen atoms in total. The number of carbonyl (C=O) groups excluding carboxylic acids is 2. The zero-order valence-electron chi connectivity index (χ0n) is 14.0. The highest BCUT2D eigenvalue weighted by atomic mass is 35.5. The number of hydrogen-bond donors (Lipinski definition) is 2. The fraction of sp³-hybridized carbons (Fsp3) is 0.733. The zero-order chi connectivity index (χ0) is 15.9. The van der Waals surface area contributed by atoms with E-state index in [1.54, 1.807) is 13.0 Å². The molecule has 136 valence electrons. The van der Waals surface area contributed by atoms with E-state index >= 15 is 0 Å². The van der Waals surface area contributed by atoms with E-state index in [1.807, 2.05) is 11.8 Å². The van der Waals surface area contributed by atoms with Crippen molar-refractivity contribution in [3.05, 3.63) is 12.7 Å². The molecular formula is C15H30Cl2N4O2. The van der Waals surface area contributed by atoms with Crippen molar-refractivity contribution in [1.29, 1.82) is 0 Å². The quantitative estimate of drug-likeness (QED) is 0.651. The second kappa shape index (κ2) is 11.7. The van der Waals surface area contributed by atoms with Crippen molar-refractivity contribution in [3.63, 3.8) is 0 Å². The highest BCUT2D eigenvalue weighted by molar-refractivity contribution is 5.86. The van der Waals surface area contributed by atoms with Gasteiger partial charge in [-0.2, -0.15) is 0 Å². The molecule has 1 aliphatic rings. The minimum Gasteiger partial charge on any atom is -0.352 e. The molecule has 23 heavy (non-hydrogen) atoms. The van der Waals surface area contributed by atoms with E-state index in [4.69, 9.17) is 5.73 Å². The van der Waals surface area contributed by atoms with Crippen LogP contribution in [0, 0.1) is 0 Å². The number of halogens is 2. The van der Waals surface area contributed by atoms with Crippen LogP contribution in [0.15, 0.2) is 12.7 Å². The normalized spacial score (nSPS) is 17.3. The summed E-state index contributed by atoms with van der Waals surface area (Å²) in [7, 11) is 0. The number of nitrogens with one attached hydrogen (secondary N) is 1. The Kier molecular flexibility index (Phi) is 12.4. The van der Waals surface area contributed by atoms with Gasteiger partial charge in [-0.3, -0.25) is 14.5 Å². The first-order valence-corrected chi connectivity index (χ1v) is 7.59. The molecule has 1 aliphatic heterocycles. The Morgan fingerprint density at radius 3 is 2.30 bits per heavy atom. The van der Waals surface area contributed by atoms with Gasteiger partial charge in [0.05, 0.1) is 12.1 Å². The Labute approximate surface area is 151 Å². The van der Waals surface area contributed by atoms with Gasteiger partial charge in [0.25, 0.3) is 0 Å². The molecule has 8 heteroatoms. The van der Waals surface area contributed by atoms with Gasteiger partial charge in [0.15, 0.2) is 0 Å². The van der Waals surface area contributed by atoms with Crippen molar-refractivity contribution >= 4 is 36.6 Å². The lowest BCUT2D eigenvalue weighted by molar-refractivity contribution is -0.138. The van der Waals surface area contributed by atoms with Crippen LogP contribution in [0.3, 0.4) is 0 Å². The fourth-order valence-corrected chi connectivity index (χ4v) is 2.54. The number of nitrogens with two attached hydrogens (primary N) is 1. The highest BCUT2D eigenvalue weighted by Gasteiger charge is 2.33. The molecule has 1 fully saturated rings. The van der Waals surface area contributed by atoms with Gasteiger partial charge in [0.2, 0.25) is 11.8 Å². The first-order valence-electron chi connectivity index (χ1n) is 7.59. The third-order valence-electron chi connectivity index (χ3n) is 3.73. The average molecular weight is 369 g/mol. The van der Waals surface area contributed by atoms with Crippen LogP contribution in [0.2, 0.25) is 0 Å². The summed E-state index contributed by atoms with van der Waals surface area (Å²) >= 11 is 0. The zero-order valence-corrected chi connectivity index (χ0v) is 15.7. The van der Waals surface area contributed by atoms with E-state index < -0.39 is 5.54 Å². The summed E-state index contributed by atoms with van der Waals surface area (Å²) in [6.07, 6.45) is 3.24.